The van der Waals surface area contributed by atoms with Crippen LogP contribution in [-0.2, 0) is 23.9 Å². The van der Waals surface area contributed by atoms with E-state index in [0.29, 0.717) is 49.1 Å². The summed E-state index contributed by atoms with van der Waals surface area (Å²) in [5, 5.41) is 15.5. The van der Waals surface area contributed by atoms with Crippen molar-refractivity contribution in [1.82, 2.24) is 10.6 Å². The molecule has 49 heavy (non-hydrogen) atoms. The van der Waals surface area contributed by atoms with Crippen molar-refractivity contribution in [2.75, 3.05) is 13.1 Å². The summed E-state index contributed by atoms with van der Waals surface area (Å²) in [6, 6.07) is 0. The maximum Gasteiger partial charge on any atom is 0.309 e. The average Bonchev–Trinajstić information content (AvgIpc) is 3.36. The maximum absolute atomic E-state index is 13.4. The molecule has 3 N–H and O–H groups in total. The zero-order valence-electron chi connectivity index (χ0n) is 32.1. The van der Waals surface area contributed by atoms with Crippen LogP contribution in [0.4, 0.5) is 0 Å². The monoisotopic (exact) mass is 682 g/mol. The lowest BCUT2D eigenvalue weighted by Crippen LogP contribution is -2.67. The van der Waals surface area contributed by atoms with E-state index < -0.39 is 17.4 Å². The molecule has 0 aliphatic heterocycles. The molecular formula is C41H66N2O6. The lowest BCUT2D eigenvalue weighted by molar-refractivity contribution is -0.250. The Bertz CT molecular complexity index is 1350. The van der Waals surface area contributed by atoms with E-state index in [-0.39, 0.29) is 51.4 Å². The number of carbonyl (C=O) groups excluding carboxylic acids is 3. The largest absolute Gasteiger partial charge is 0.481 e. The highest BCUT2D eigenvalue weighted by molar-refractivity contribution is 5.81. The van der Waals surface area contributed by atoms with Gasteiger partial charge in [0.1, 0.15) is 6.10 Å². The van der Waals surface area contributed by atoms with Gasteiger partial charge in [-0.05, 0) is 136 Å². The first-order chi connectivity index (χ1) is 22.6. The Morgan fingerprint density at radius 1 is 0.816 bits per heavy atom. The van der Waals surface area contributed by atoms with Gasteiger partial charge in [-0.2, -0.15) is 0 Å². The number of ether oxygens (including phenoxy) is 1. The van der Waals surface area contributed by atoms with E-state index in [1.54, 1.807) is 13.8 Å². The van der Waals surface area contributed by atoms with Crippen LogP contribution in [0.3, 0.4) is 0 Å². The van der Waals surface area contributed by atoms with Crippen LogP contribution in [0.25, 0.3) is 0 Å². The third kappa shape index (κ3) is 6.27. The molecule has 0 saturated heterocycles. The molecule has 8 heteroatoms. The van der Waals surface area contributed by atoms with E-state index >= 15 is 0 Å². The van der Waals surface area contributed by atoms with Gasteiger partial charge in [0.2, 0.25) is 11.8 Å². The summed E-state index contributed by atoms with van der Waals surface area (Å²) >= 11 is 0. The molecule has 3 unspecified atom stereocenters. The standard InChI is InChI=1S/C41H66N2O6/c1-25(2)27-13-18-41(23-32(45)43-22-21-42-26(3)44)20-19-39(9)28(34(27)41)11-12-30-38(8)16-15-31(49-33(46)24-36(4,5)35(47)48)37(6,7)29(38)14-17-40(30,39)10/h27-31,34H,1,11-24H2,2-10H3,(H,42,44)(H,43,45)(H,47,48)/t27-,28+,29?,30?,31-,34?,38-,39+,40+,41+/m0/s1. The van der Waals surface area contributed by atoms with Gasteiger partial charge < -0.3 is 20.5 Å². The predicted molar refractivity (Wildman–Crippen MR) is 191 cm³/mol. The van der Waals surface area contributed by atoms with Gasteiger partial charge in [-0.1, -0.05) is 46.8 Å². The van der Waals surface area contributed by atoms with Gasteiger partial charge in [0, 0.05) is 31.8 Å². The number of fused-ring (bicyclic) bond motifs is 7. The summed E-state index contributed by atoms with van der Waals surface area (Å²) < 4.78 is 6.16. The summed E-state index contributed by atoms with van der Waals surface area (Å²) in [7, 11) is 0. The van der Waals surface area contributed by atoms with Crippen molar-refractivity contribution in [3.63, 3.8) is 0 Å². The van der Waals surface area contributed by atoms with Gasteiger partial charge in [-0.3, -0.25) is 19.2 Å². The molecule has 5 fully saturated rings. The smallest absolute Gasteiger partial charge is 0.309 e. The molecule has 5 saturated carbocycles. The van der Waals surface area contributed by atoms with E-state index in [0.717, 1.165) is 51.4 Å². The quantitative estimate of drug-likeness (QED) is 0.123. The number of aliphatic carboxylic acids is 1. The Morgan fingerprint density at radius 3 is 2.12 bits per heavy atom. The predicted octanol–water partition coefficient (Wildman–Crippen LogP) is 7.70. The van der Waals surface area contributed by atoms with Crippen molar-refractivity contribution in [3.8, 4) is 0 Å². The molecule has 2 amide bonds. The Morgan fingerprint density at radius 2 is 1.49 bits per heavy atom. The molecule has 0 spiro atoms. The highest BCUT2D eigenvalue weighted by Gasteiger charge is 2.71. The minimum Gasteiger partial charge on any atom is -0.481 e. The SMILES string of the molecule is C=C(C)[C@@H]1CC[C@]2(CC(=O)NCCNC(C)=O)CC[C@]3(C)[C@H](CCC4[C@@]5(C)CC[C@H](OC(=O)CC(C)(C)C(=O)O)C(C)(C)C5CC[C@]43C)C12. The summed E-state index contributed by atoms with van der Waals surface area (Å²) in [4.78, 5) is 49.5. The molecule has 5 aliphatic rings. The van der Waals surface area contributed by atoms with Gasteiger partial charge in [0.25, 0.3) is 0 Å². The Hall–Kier alpha value is -2.38. The van der Waals surface area contributed by atoms with E-state index in [2.05, 4.69) is 58.8 Å². The summed E-state index contributed by atoms with van der Waals surface area (Å²) in [5.74, 6) is 1.06. The highest BCUT2D eigenvalue weighted by Crippen LogP contribution is 2.78. The van der Waals surface area contributed by atoms with Crippen LogP contribution in [0.15, 0.2) is 12.2 Å². The fourth-order valence-corrected chi connectivity index (χ4v) is 13.2. The van der Waals surface area contributed by atoms with Crippen LogP contribution in [-0.4, -0.2) is 48.1 Å². The molecule has 0 aromatic carbocycles. The van der Waals surface area contributed by atoms with Gasteiger partial charge in [-0.15, -0.1) is 0 Å². The lowest BCUT2D eigenvalue weighted by Gasteiger charge is -2.73. The van der Waals surface area contributed by atoms with E-state index in [4.69, 9.17) is 4.74 Å². The molecule has 5 rings (SSSR count). The van der Waals surface area contributed by atoms with Crippen molar-refractivity contribution in [2.24, 2.45) is 62.1 Å². The Balaban J connectivity index is 1.37. The second-order valence-electron chi connectivity index (χ2n) is 19.3. The van der Waals surface area contributed by atoms with Gasteiger partial charge in [-0.25, -0.2) is 0 Å². The second kappa shape index (κ2) is 13.0. The molecule has 0 aromatic rings. The first-order valence-electron chi connectivity index (χ1n) is 19.2. The van der Waals surface area contributed by atoms with Gasteiger partial charge >= 0.3 is 11.9 Å². The number of nitrogens with one attached hydrogen (secondary N) is 2. The zero-order valence-corrected chi connectivity index (χ0v) is 32.1. The molecule has 276 valence electrons. The minimum atomic E-state index is -1.15. The maximum atomic E-state index is 13.4. The first kappa shape index (κ1) is 37.9. The van der Waals surface area contributed by atoms with Crippen LogP contribution in [0.1, 0.15) is 139 Å². The number of allylic oxidation sites excluding steroid dienone is 1. The molecule has 10 atom stereocenters. The lowest BCUT2D eigenvalue weighted by atomic mass is 9.32. The van der Waals surface area contributed by atoms with Crippen molar-refractivity contribution in [1.29, 1.82) is 0 Å². The van der Waals surface area contributed by atoms with E-state index in [1.165, 1.54) is 25.3 Å². The number of carboxylic acid groups (broad SMARTS) is 1. The molecule has 8 nitrogen and oxygen atoms in total. The van der Waals surface area contributed by atoms with Crippen molar-refractivity contribution >= 4 is 23.8 Å². The molecule has 0 bridgehead atoms. The highest BCUT2D eigenvalue weighted by atomic mass is 16.5. The molecule has 0 aromatic heterocycles. The molecule has 0 heterocycles. The van der Waals surface area contributed by atoms with Crippen LogP contribution in [0.5, 0.6) is 0 Å². The summed E-state index contributed by atoms with van der Waals surface area (Å²) in [6.45, 7) is 24.6. The number of hydrogen-bond donors (Lipinski definition) is 3. The molecular weight excluding hydrogens is 616 g/mol. The number of carbonyl (C=O) groups is 4. The summed E-state index contributed by atoms with van der Waals surface area (Å²) in [6.07, 6.45) is 11.1. The third-order valence-electron chi connectivity index (χ3n) is 16.0. The van der Waals surface area contributed by atoms with Crippen molar-refractivity contribution < 1.29 is 29.0 Å². The minimum absolute atomic E-state index is 0.00465. The summed E-state index contributed by atoms with van der Waals surface area (Å²) in [5.41, 5.74) is 0.360. The topological polar surface area (TPSA) is 122 Å². The average molecular weight is 683 g/mol. The number of hydrogen-bond acceptors (Lipinski definition) is 5. The number of carboxylic acids is 1. The van der Waals surface area contributed by atoms with E-state index in [1.807, 2.05) is 0 Å². The third-order valence-corrected chi connectivity index (χ3v) is 16.0. The van der Waals surface area contributed by atoms with E-state index in [9.17, 15) is 24.3 Å². The van der Waals surface area contributed by atoms with Crippen LogP contribution < -0.4 is 10.6 Å². The second-order valence-corrected chi connectivity index (χ2v) is 19.3. The van der Waals surface area contributed by atoms with Crippen LogP contribution in [0, 0.1) is 62.1 Å². The number of esters is 1. The number of rotatable bonds is 10. The first-order valence-corrected chi connectivity index (χ1v) is 19.2. The van der Waals surface area contributed by atoms with Gasteiger partial charge in [0.05, 0.1) is 11.8 Å². The molecule has 0 radical (unpaired) electrons. The fraction of sp³-hybridized carbons (Fsp3) is 0.854. The normalized spacial score (nSPS) is 40.8. The Labute approximate surface area is 295 Å². The van der Waals surface area contributed by atoms with Crippen molar-refractivity contribution in [2.45, 2.75) is 145 Å². The van der Waals surface area contributed by atoms with Crippen LogP contribution >= 0.6 is 0 Å². The van der Waals surface area contributed by atoms with Gasteiger partial charge in [0.15, 0.2) is 0 Å². The molecule has 5 aliphatic carbocycles. The fourth-order valence-electron chi connectivity index (χ4n) is 13.2. The zero-order chi connectivity index (χ0) is 36.4. The number of amides is 2. The van der Waals surface area contributed by atoms with Crippen molar-refractivity contribution in [3.05, 3.63) is 12.2 Å². The Kier molecular flexibility index (Phi) is 10.0. The van der Waals surface area contributed by atoms with Crippen LogP contribution in [0.2, 0.25) is 0 Å².